The van der Waals surface area contributed by atoms with Crippen molar-refractivity contribution < 1.29 is 9.84 Å². The topological polar surface area (TPSA) is 42.4 Å². The van der Waals surface area contributed by atoms with E-state index in [2.05, 4.69) is 21.8 Å². The van der Waals surface area contributed by atoms with Crippen molar-refractivity contribution in [2.45, 2.75) is 32.0 Å². The Morgan fingerprint density at radius 1 is 1.12 bits per heavy atom. The Kier molecular flexibility index (Phi) is 5.62. The van der Waals surface area contributed by atoms with Crippen LogP contribution in [0.3, 0.4) is 0 Å². The average molecular weight is 339 g/mol. The summed E-state index contributed by atoms with van der Waals surface area (Å²) in [6.07, 6.45) is 4.27. The number of rotatable bonds is 7. The molecule has 3 rings (SSSR count). The van der Waals surface area contributed by atoms with Crippen LogP contribution in [0.5, 0.6) is 5.75 Å². The van der Waals surface area contributed by atoms with Gasteiger partial charge in [-0.25, -0.2) is 0 Å². The molecule has 3 nitrogen and oxygen atoms in total. The summed E-state index contributed by atoms with van der Waals surface area (Å²) in [6.45, 7) is 1.90. The van der Waals surface area contributed by atoms with E-state index in [4.69, 9.17) is 4.74 Å². The van der Waals surface area contributed by atoms with Crippen molar-refractivity contribution in [3.8, 4) is 16.9 Å². The van der Waals surface area contributed by atoms with Gasteiger partial charge < -0.3 is 9.84 Å². The molecule has 124 valence electrons. The van der Waals surface area contributed by atoms with Gasteiger partial charge in [0.25, 0.3) is 0 Å². The molecule has 0 spiro atoms. The predicted molar refractivity (Wildman–Crippen MR) is 98.4 cm³/mol. The number of benzene rings is 1. The molecular weight excluding hydrogens is 318 g/mol. The van der Waals surface area contributed by atoms with E-state index in [1.807, 2.05) is 49.5 Å². The van der Waals surface area contributed by atoms with Gasteiger partial charge in [-0.3, -0.25) is 4.98 Å². The maximum atomic E-state index is 10.3. The van der Waals surface area contributed by atoms with E-state index < -0.39 is 6.10 Å². The highest BCUT2D eigenvalue weighted by Crippen LogP contribution is 2.25. The molecule has 0 aliphatic rings. The molecule has 0 radical (unpaired) electrons. The molecule has 2 aromatic heterocycles. The number of hydrogen-bond acceptors (Lipinski definition) is 4. The van der Waals surface area contributed by atoms with Crippen LogP contribution in [0.15, 0.2) is 65.6 Å². The van der Waals surface area contributed by atoms with Crippen molar-refractivity contribution in [2.75, 3.05) is 0 Å². The van der Waals surface area contributed by atoms with Gasteiger partial charge in [0.2, 0.25) is 0 Å². The zero-order valence-electron chi connectivity index (χ0n) is 13.6. The second kappa shape index (κ2) is 8.08. The van der Waals surface area contributed by atoms with Gasteiger partial charge in [0.05, 0.1) is 6.10 Å². The van der Waals surface area contributed by atoms with Gasteiger partial charge in [0.15, 0.2) is 0 Å². The molecule has 0 amide bonds. The molecule has 0 aliphatic carbocycles. The largest absolute Gasteiger partial charge is 0.488 e. The zero-order chi connectivity index (χ0) is 16.8. The summed E-state index contributed by atoms with van der Waals surface area (Å²) in [5.41, 5.74) is 3.52. The molecule has 3 aromatic rings. The Hall–Kier alpha value is -2.17. The summed E-state index contributed by atoms with van der Waals surface area (Å²) < 4.78 is 5.87. The van der Waals surface area contributed by atoms with Gasteiger partial charge in [-0.1, -0.05) is 18.2 Å². The molecule has 4 heteroatoms. The van der Waals surface area contributed by atoms with Crippen molar-refractivity contribution in [3.63, 3.8) is 0 Å². The fourth-order valence-electron chi connectivity index (χ4n) is 2.54. The smallest absolute Gasteiger partial charge is 0.122 e. The van der Waals surface area contributed by atoms with Crippen molar-refractivity contribution >= 4 is 11.3 Å². The third kappa shape index (κ3) is 4.43. The SMILES string of the molecule is C[C@H](Oc1ccc(-c2ccsc2)cc1)[C@H](O)CCc1cccnc1. The number of thiophene rings is 1. The van der Waals surface area contributed by atoms with E-state index in [-0.39, 0.29) is 6.10 Å². The third-order valence-corrected chi connectivity index (χ3v) is 4.71. The maximum absolute atomic E-state index is 10.3. The van der Waals surface area contributed by atoms with Crippen LogP contribution < -0.4 is 4.74 Å². The molecule has 0 bridgehead atoms. The number of hydrogen-bond donors (Lipinski definition) is 1. The second-order valence-corrected chi connectivity index (χ2v) is 6.61. The van der Waals surface area contributed by atoms with Crippen LogP contribution in [0.25, 0.3) is 11.1 Å². The highest BCUT2D eigenvalue weighted by atomic mass is 32.1. The second-order valence-electron chi connectivity index (χ2n) is 5.83. The molecule has 0 saturated heterocycles. The number of ether oxygens (including phenoxy) is 1. The summed E-state index contributed by atoms with van der Waals surface area (Å²) in [7, 11) is 0. The van der Waals surface area contributed by atoms with Crippen LogP contribution in [0.2, 0.25) is 0 Å². The quantitative estimate of drug-likeness (QED) is 0.685. The predicted octanol–water partition coefficient (Wildman–Crippen LogP) is 4.57. The van der Waals surface area contributed by atoms with Gasteiger partial charge in [0.1, 0.15) is 11.9 Å². The lowest BCUT2D eigenvalue weighted by Gasteiger charge is -2.20. The number of aromatic nitrogens is 1. The summed E-state index contributed by atoms with van der Waals surface area (Å²) in [6, 6.07) is 14.0. The lowest BCUT2D eigenvalue weighted by Crippen LogP contribution is -2.29. The summed E-state index contributed by atoms with van der Waals surface area (Å²) in [4.78, 5) is 4.09. The Bertz CT molecular complexity index is 726. The molecular formula is C20H21NO2S. The number of pyridine rings is 1. The van der Waals surface area contributed by atoms with Gasteiger partial charge in [-0.05, 0) is 71.5 Å². The number of aryl methyl sites for hydroxylation is 1. The van der Waals surface area contributed by atoms with Crippen LogP contribution in [0, 0.1) is 0 Å². The van der Waals surface area contributed by atoms with Gasteiger partial charge >= 0.3 is 0 Å². The van der Waals surface area contributed by atoms with E-state index in [1.54, 1.807) is 17.5 Å². The van der Waals surface area contributed by atoms with Gasteiger partial charge in [0, 0.05) is 12.4 Å². The minimum atomic E-state index is -0.512. The fourth-order valence-corrected chi connectivity index (χ4v) is 3.21. The molecule has 0 aliphatic heterocycles. The molecule has 0 saturated carbocycles. The molecule has 0 fully saturated rings. The highest BCUT2D eigenvalue weighted by Gasteiger charge is 2.16. The average Bonchev–Trinajstić information content (AvgIpc) is 3.16. The van der Waals surface area contributed by atoms with Gasteiger partial charge in [-0.2, -0.15) is 11.3 Å². The first-order valence-electron chi connectivity index (χ1n) is 8.08. The first kappa shape index (κ1) is 16.7. The summed E-state index contributed by atoms with van der Waals surface area (Å²) >= 11 is 1.69. The van der Waals surface area contributed by atoms with Crippen LogP contribution in [-0.4, -0.2) is 22.3 Å². The Morgan fingerprint density at radius 2 is 1.96 bits per heavy atom. The van der Waals surface area contributed by atoms with Crippen LogP contribution in [0.4, 0.5) is 0 Å². The normalized spacial score (nSPS) is 13.4. The summed E-state index contributed by atoms with van der Waals surface area (Å²) in [5.74, 6) is 0.780. The van der Waals surface area contributed by atoms with Crippen molar-refractivity contribution in [1.82, 2.24) is 4.98 Å². The van der Waals surface area contributed by atoms with E-state index in [9.17, 15) is 5.11 Å². The molecule has 2 heterocycles. The minimum Gasteiger partial charge on any atom is -0.488 e. The zero-order valence-corrected chi connectivity index (χ0v) is 14.4. The lowest BCUT2D eigenvalue weighted by molar-refractivity contribution is 0.0420. The maximum Gasteiger partial charge on any atom is 0.122 e. The van der Waals surface area contributed by atoms with Crippen LogP contribution in [-0.2, 0) is 6.42 Å². The van der Waals surface area contributed by atoms with E-state index in [1.165, 1.54) is 11.1 Å². The molecule has 2 atom stereocenters. The third-order valence-electron chi connectivity index (χ3n) is 4.02. The molecule has 0 unspecified atom stereocenters. The summed E-state index contributed by atoms with van der Waals surface area (Å²) in [5, 5.41) is 14.5. The van der Waals surface area contributed by atoms with Crippen LogP contribution in [0.1, 0.15) is 18.9 Å². The number of nitrogens with zero attached hydrogens (tertiary/aromatic N) is 1. The number of aliphatic hydroxyl groups is 1. The highest BCUT2D eigenvalue weighted by molar-refractivity contribution is 7.08. The Labute approximate surface area is 146 Å². The van der Waals surface area contributed by atoms with E-state index in [0.29, 0.717) is 6.42 Å². The molecule has 24 heavy (non-hydrogen) atoms. The Balaban J connectivity index is 1.53. The monoisotopic (exact) mass is 339 g/mol. The van der Waals surface area contributed by atoms with E-state index in [0.717, 1.165) is 17.7 Å². The first-order chi connectivity index (χ1) is 11.7. The number of aliphatic hydroxyl groups excluding tert-OH is 1. The first-order valence-corrected chi connectivity index (χ1v) is 9.03. The lowest BCUT2D eigenvalue weighted by atomic mass is 10.1. The Morgan fingerprint density at radius 3 is 2.62 bits per heavy atom. The molecule has 1 N–H and O–H groups in total. The minimum absolute atomic E-state index is 0.256. The van der Waals surface area contributed by atoms with E-state index >= 15 is 0 Å². The standard InChI is InChI=1S/C20H21NO2S/c1-15(20(22)9-4-16-3-2-11-21-13-16)23-19-7-5-17(6-8-19)18-10-12-24-14-18/h2-3,5-8,10-15,20,22H,4,9H2,1H3/t15-,20+/m0/s1. The van der Waals surface area contributed by atoms with Crippen LogP contribution >= 0.6 is 11.3 Å². The van der Waals surface area contributed by atoms with Crippen molar-refractivity contribution in [3.05, 3.63) is 71.2 Å². The molecule has 1 aromatic carbocycles. The van der Waals surface area contributed by atoms with Crippen molar-refractivity contribution in [1.29, 1.82) is 0 Å². The van der Waals surface area contributed by atoms with Gasteiger partial charge in [-0.15, -0.1) is 0 Å². The van der Waals surface area contributed by atoms with Crippen molar-refractivity contribution in [2.24, 2.45) is 0 Å². The fraction of sp³-hybridized carbons (Fsp3) is 0.250.